The number of amides is 1. The quantitative estimate of drug-likeness (QED) is 0.489. The van der Waals surface area contributed by atoms with Crippen LogP contribution < -0.4 is 5.32 Å². The molecule has 0 spiro atoms. The Hall–Kier alpha value is -1.13. The standard InChI is InChI=1S/C7H14N2O3/c1-3-4-7(5-9(11)12)8-6(2)10/h7H,3-5H2,1-2H3,(H,8,10)/t7-/m1/s1. The number of hydrogen-bond donors (Lipinski definition) is 1. The van der Waals surface area contributed by atoms with Crippen LogP contribution in [0, 0.1) is 10.1 Å². The number of carbonyl (C=O) groups excluding carboxylic acids is 1. The maximum Gasteiger partial charge on any atom is 0.223 e. The molecule has 0 rings (SSSR count). The third-order valence-corrected chi connectivity index (χ3v) is 1.41. The molecule has 0 saturated heterocycles. The lowest BCUT2D eigenvalue weighted by molar-refractivity contribution is -0.483. The van der Waals surface area contributed by atoms with Gasteiger partial charge in [0, 0.05) is 11.8 Å². The highest BCUT2D eigenvalue weighted by Crippen LogP contribution is 1.96. The molecule has 0 bridgehead atoms. The zero-order valence-electron chi connectivity index (χ0n) is 7.37. The first-order valence-corrected chi connectivity index (χ1v) is 3.95. The van der Waals surface area contributed by atoms with Crippen LogP contribution in [0.2, 0.25) is 0 Å². The van der Waals surface area contributed by atoms with E-state index in [2.05, 4.69) is 5.32 Å². The molecule has 0 radical (unpaired) electrons. The average molecular weight is 174 g/mol. The molecule has 0 aliphatic heterocycles. The molecule has 0 unspecified atom stereocenters. The molecular formula is C7H14N2O3. The van der Waals surface area contributed by atoms with Gasteiger partial charge in [-0.1, -0.05) is 13.3 Å². The van der Waals surface area contributed by atoms with Crippen molar-refractivity contribution in [2.45, 2.75) is 32.7 Å². The summed E-state index contributed by atoms with van der Waals surface area (Å²) >= 11 is 0. The highest BCUT2D eigenvalue weighted by molar-refractivity contribution is 5.73. The van der Waals surface area contributed by atoms with Crippen molar-refractivity contribution in [1.29, 1.82) is 0 Å². The largest absolute Gasteiger partial charge is 0.347 e. The lowest BCUT2D eigenvalue weighted by Crippen LogP contribution is -2.38. The van der Waals surface area contributed by atoms with Crippen LogP contribution >= 0.6 is 0 Å². The first kappa shape index (κ1) is 10.9. The first-order chi connectivity index (χ1) is 5.56. The smallest absolute Gasteiger partial charge is 0.223 e. The second kappa shape index (κ2) is 5.51. The molecule has 1 atom stereocenters. The molecule has 0 aliphatic carbocycles. The molecule has 0 aliphatic rings. The summed E-state index contributed by atoms with van der Waals surface area (Å²) in [6.07, 6.45) is 1.49. The predicted molar refractivity (Wildman–Crippen MR) is 44.4 cm³/mol. The highest BCUT2D eigenvalue weighted by atomic mass is 16.6. The Labute approximate surface area is 71.3 Å². The number of hydrogen-bond acceptors (Lipinski definition) is 3. The van der Waals surface area contributed by atoms with Gasteiger partial charge in [0.15, 0.2) is 0 Å². The lowest BCUT2D eigenvalue weighted by Gasteiger charge is -2.11. The Balaban J connectivity index is 3.85. The Bertz CT molecular complexity index is 154. The number of nitrogens with zero attached hydrogens (tertiary/aromatic N) is 1. The number of carbonyl (C=O) groups is 1. The van der Waals surface area contributed by atoms with Crippen molar-refractivity contribution in [2.75, 3.05) is 6.54 Å². The molecule has 70 valence electrons. The fourth-order valence-corrected chi connectivity index (χ4v) is 1.02. The average Bonchev–Trinajstić information content (AvgIpc) is 1.84. The van der Waals surface area contributed by atoms with Gasteiger partial charge < -0.3 is 5.32 Å². The first-order valence-electron chi connectivity index (χ1n) is 3.95. The van der Waals surface area contributed by atoms with Crippen molar-refractivity contribution >= 4 is 5.91 Å². The molecule has 12 heavy (non-hydrogen) atoms. The van der Waals surface area contributed by atoms with Crippen LogP contribution in [0.3, 0.4) is 0 Å². The summed E-state index contributed by atoms with van der Waals surface area (Å²) in [4.78, 5) is 20.3. The van der Waals surface area contributed by atoms with Crippen molar-refractivity contribution in [3.05, 3.63) is 10.1 Å². The molecule has 0 saturated carbocycles. The molecule has 0 heterocycles. The van der Waals surface area contributed by atoms with Crippen molar-refractivity contribution < 1.29 is 9.72 Å². The molecule has 0 aromatic heterocycles. The van der Waals surface area contributed by atoms with Crippen LogP contribution in [-0.4, -0.2) is 23.4 Å². The Morgan fingerprint density at radius 3 is 2.58 bits per heavy atom. The van der Waals surface area contributed by atoms with E-state index >= 15 is 0 Å². The molecule has 0 aromatic rings. The highest BCUT2D eigenvalue weighted by Gasteiger charge is 2.14. The van der Waals surface area contributed by atoms with Crippen molar-refractivity contribution in [3.63, 3.8) is 0 Å². The predicted octanol–water partition coefficient (Wildman–Crippen LogP) is 0.568. The van der Waals surface area contributed by atoms with Crippen molar-refractivity contribution in [2.24, 2.45) is 0 Å². The number of nitrogens with one attached hydrogen (secondary N) is 1. The topological polar surface area (TPSA) is 72.2 Å². The Morgan fingerprint density at radius 2 is 2.25 bits per heavy atom. The van der Waals surface area contributed by atoms with Gasteiger partial charge in [-0.3, -0.25) is 14.9 Å². The van der Waals surface area contributed by atoms with E-state index in [1.165, 1.54) is 6.92 Å². The van der Waals surface area contributed by atoms with Crippen LogP contribution in [0.5, 0.6) is 0 Å². The van der Waals surface area contributed by atoms with Crippen LogP contribution in [0.25, 0.3) is 0 Å². The lowest BCUT2D eigenvalue weighted by atomic mass is 10.1. The number of rotatable bonds is 5. The van der Waals surface area contributed by atoms with E-state index in [1.54, 1.807) is 0 Å². The molecular weight excluding hydrogens is 160 g/mol. The van der Waals surface area contributed by atoms with Crippen LogP contribution in [0.15, 0.2) is 0 Å². The van der Waals surface area contributed by atoms with E-state index in [1.807, 2.05) is 6.92 Å². The monoisotopic (exact) mass is 174 g/mol. The SMILES string of the molecule is CCC[C@H](C[N+](=O)[O-])NC(C)=O. The van der Waals surface area contributed by atoms with Gasteiger partial charge in [0.1, 0.15) is 0 Å². The minimum atomic E-state index is -0.406. The summed E-state index contributed by atoms with van der Waals surface area (Å²) < 4.78 is 0. The van der Waals surface area contributed by atoms with E-state index in [-0.39, 0.29) is 18.5 Å². The van der Waals surface area contributed by atoms with Crippen LogP contribution in [0.4, 0.5) is 0 Å². The van der Waals surface area contributed by atoms with Gasteiger partial charge in [-0.05, 0) is 6.42 Å². The summed E-state index contributed by atoms with van der Waals surface area (Å²) in [6.45, 7) is 3.10. The maximum atomic E-state index is 10.6. The van der Waals surface area contributed by atoms with E-state index in [4.69, 9.17) is 0 Å². The second-order valence-corrected chi connectivity index (χ2v) is 2.70. The summed E-state index contributed by atoms with van der Waals surface area (Å²) in [5, 5.41) is 12.7. The van der Waals surface area contributed by atoms with Gasteiger partial charge in [0.2, 0.25) is 12.5 Å². The second-order valence-electron chi connectivity index (χ2n) is 2.70. The zero-order valence-corrected chi connectivity index (χ0v) is 7.37. The molecule has 0 aromatic carbocycles. The Morgan fingerprint density at radius 1 is 1.67 bits per heavy atom. The maximum absolute atomic E-state index is 10.6. The molecule has 0 fully saturated rings. The fraction of sp³-hybridized carbons (Fsp3) is 0.857. The molecule has 5 heteroatoms. The van der Waals surface area contributed by atoms with Gasteiger partial charge in [-0.15, -0.1) is 0 Å². The van der Waals surface area contributed by atoms with Crippen molar-refractivity contribution in [3.8, 4) is 0 Å². The van der Waals surface area contributed by atoms with Gasteiger partial charge in [0.25, 0.3) is 0 Å². The fourth-order valence-electron chi connectivity index (χ4n) is 1.02. The number of nitro groups is 1. The van der Waals surface area contributed by atoms with Gasteiger partial charge in [-0.2, -0.15) is 0 Å². The van der Waals surface area contributed by atoms with Crippen LogP contribution in [-0.2, 0) is 4.79 Å². The van der Waals surface area contributed by atoms with Crippen molar-refractivity contribution in [1.82, 2.24) is 5.32 Å². The van der Waals surface area contributed by atoms with E-state index in [9.17, 15) is 14.9 Å². The summed E-state index contributed by atoms with van der Waals surface area (Å²) in [5.41, 5.74) is 0. The minimum absolute atomic E-state index is 0.187. The summed E-state index contributed by atoms with van der Waals surface area (Å²) in [5.74, 6) is -0.213. The van der Waals surface area contributed by atoms with Gasteiger partial charge in [-0.25, -0.2) is 0 Å². The van der Waals surface area contributed by atoms with Gasteiger partial charge >= 0.3 is 0 Å². The third kappa shape index (κ3) is 5.64. The summed E-state index contributed by atoms with van der Waals surface area (Å²) in [6, 6.07) is -0.317. The van der Waals surface area contributed by atoms with Crippen LogP contribution in [0.1, 0.15) is 26.7 Å². The van der Waals surface area contributed by atoms with E-state index in [0.29, 0.717) is 6.42 Å². The normalized spacial score (nSPS) is 12.2. The van der Waals surface area contributed by atoms with Gasteiger partial charge in [0.05, 0.1) is 6.04 Å². The summed E-state index contributed by atoms with van der Waals surface area (Å²) in [7, 11) is 0. The molecule has 5 nitrogen and oxygen atoms in total. The Kier molecular flexibility index (Phi) is 4.99. The van der Waals surface area contributed by atoms with E-state index < -0.39 is 4.92 Å². The van der Waals surface area contributed by atoms with E-state index in [0.717, 1.165) is 6.42 Å². The molecule has 1 amide bonds. The molecule has 1 N–H and O–H groups in total. The minimum Gasteiger partial charge on any atom is -0.347 e. The zero-order chi connectivity index (χ0) is 9.56. The third-order valence-electron chi connectivity index (χ3n) is 1.41.